The number of alkyl halides is 3. The minimum Gasteiger partial charge on any atom is -0.299 e. The fourth-order valence-electron chi connectivity index (χ4n) is 1.66. The van der Waals surface area contributed by atoms with Gasteiger partial charge in [-0.15, -0.1) is 0 Å². The van der Waals surface area contributed by atoms with Crippen molar-refractivity contribution in [1.29, 1.82) is 0 Å². The summed E-state index contributed by atoms with van der Waals surface area (Å²) in [5, 5.41) is 0. The van der Waals surface area contributed by atoms with E-state index in [0.29, 0.717) is 24.8 Å². The fourth-order valence-corrected chi connectivity index (χ4v) is 1.66. The van der Waals surface area contributed by atoms with E-state index in [9.17, 15) is 18.0 Å². The third-order valence-electron chi connectivity index (χ3n) is 2.79. The summed E-state index contributed by atoms with van der Waals surface area (Å²) in [6.45, 7) is 3.65. The van der Waals surface area contributed by atoms with Crippen molar-refractivity contribution in [3.8, 4) is 0 Å². The zero-order valence-electron chi connectivity index (χ0n) is 10.6. The first-order chi connectivity index (χ1) is 8.30. The molecular formula is C14H17F3O. The lowest BCUT2D eigenvalue weighted by atomic mass is 10.00. The number of benzene rings is 1. The Bertz CT molecular complexity index is 408. The minimum absolute atomic E-state index is 0.00786. The van der Waals surface area contributed by atoms with Crippen molar-refractivity contribution in [3.63, 3.8) is 0 Å². The zero-order valence-corrected chi connectivity index (χ0v) is 10.6. The maximum Gasteiger partial charge on any atom is 0.416 e. The smallest absolute Gasteiger partial charge is 0.299 e. The molecule has 0 bridgehead atoms. The average molecular weight is 258 g/mol. The molecule has 1 nitrogen and oxygen atoms in total. The van der Waals surface area contributed by atoms with Gasteiger partial charge < -0.3 is 0 Å². The van der Waals surface area contributed by atoms with Crippen LogP contribution in [-0.2, 0) is 17.4 Å². The molecule has 4 heteroatoms. The third kappa shape index (κ3) is 4.51. The number of halogens is 3. The molecule has 0 saturated heterocycles. The van der Waals surface area contributed by atoms with Crippen molar-refractivity contribution in [2.24, 2.45) is 5.92 Å². The Hall–Kier alpha value is -1.32. The van der Waals surface area contributed by atoms with E-state index in [0.717, 1.165) is 12.1 Å². The lowest BCUT2D eigenvalue weighted by Gasteiger charge is -2.09. The maximum absolute atomic E-state index is 12.5. The van der Waals surface area contributed by atoms with Crippen molar-refractivity contribution in [3.05, 3.63) is 35.4 Å². The first-order valence-electron chi connectivity index (χ1n) is 5.99. The van der Waals surface area contributed by atoms with Crippen molar-refractivity contribution < 1.29 is 18.0 Å². The summed E-state index contributed by atoms with van der Waals surface area (Å²) in [6.07, 6.45) is -2.78. The molecule has 18 heavy (non-hydrogen) atoms. The predicted octanol–water partition coefficient (Wildman–Crippen LogP) is 4.25. The maximum atomic E-state index is 12.5. The summed E-state index contributed by atoms with van der Waals surface area (Å²) in [7, 11) is 0. The molecule has 1 rings (SSSR count). The van der Waals surface area contributed by atoms with Gasteiger partial charge in [0.25, 0.3) is 0 Å². The summed E-state index contributed by atoms with van der Waals surface area (Å²) >= 11 is 0. The molecule has 0 N–H and O–H groups in total. The molecule has 0 unspecified atom stereocenters. The second-order valence-corrected chi connectivity index (χ2v) is 4.67. The van der Waals surface area contributed by atoms with Crippen LogP contribution in [0.4, 0.5) is 13.2 Å². The van der Waals surface area contributed by atoms with Crippen LogP contribution < -0.4 is 0 Å². The van der Waals surface area contributed by atoms with Crippen LogP contribution in [0.3, 0.4) is 0 Å². The molecule has 1 aromatic rings. The first-order valence-corrected chi connectivity index (χ1v) is 5.99. The largest absolute Gasteiger partial charge is 0.416 e. The van der Waals surface area contributed by atoms with Crippen LogP contribution in [0.1, 0.15) is 37.8 Å². The second-order valence-electron chi connectivity index (χ2n) is 4.67. The van der Waals surface area contributed by atoms with Crippen LogP contribution in [0.5, 0.6) is 0 Å². The number of carbonyl (C=O) groups is 1. The molecule has 100 valence electrons. The molecule has 0 amide bonds. The first kappa shape index (κ1) is 14.7. The number of carbonyl (C=O) groups excluding carboxylic acids is 1. The van der Waals surface area contributed by atoms with E-state index >= 15 is 0 Å². The van der Waals surface area contributed by atoms with Crippen LogP contribution in [0.15, 0.2) is 24.3 Å². The van der Waals surface area contributed by atoms with E-state index in [2.05, 4.69) is 0 Å². The van der Waals surface area contributed by atoms with Gasteiger partial charge in [0.2, 0.25) is 0 Å². The lowest BCUT2D eigenvalue weighted by Crippen LogP contribution is -2.07. The highest BCUT2D eigenvalue weighted by Crippen LogP contribution is 2.29. The molecule has 0 fully saturated rings. The highest BCUT2D eigenvalue weighted by Gasteiger charge is 2.30. The van der Waals surface area contributed by atoms with E-state index in [1.807, 2.05) is 13.8 Å². The Morgan fingerprint density at radius 1 is 1.28 bits per heavy atom. The summed E-state index contributed by atoms with van der Waals surface area (Å²) in [5.74, 6) is 0.147. The van der Waals surface area contributed by atoms with Gasteiger partial charge in [0.05, 0.1) is 5.56 Å². The van der Waals surface area contributed by atoms with Crippen molar-refractivity contribution in [2.75, 3.05) is 0 Å². The van der Waals surface area contributed by atoms with Gasteiger partial charge in [0, 0.05) is 12.3 Å². The number of Topliss-reactive ketones (excluding diaryl/α,β-unsaturated/α-hetero) is 1. The van der Waals surface area contributed by atoms with Crippen LogP contribution in [0.25, 0.3) is 0 Å². The summed E-state index contributed by atoms with van der Waals surface area (Å²) < 4.78 is 37.4. The van der Waals surface area contributed by atoms with Gasteiger partial charge in [0.15, 0.2) is 0 Å². The molecular weight excluding hydrogens is 241 g/mol. The Morgan fingerprint density at radius 3 is 2.50 bits per heavy atom. The van der Waals surface area contributed by atoms with Gasteiger partial charge >= 0.3 is 6.18 Å². The van der Waals surface area contributed by atoms with Gasteiger partial charge in [-0.3, -0.25) is 4.79 Å². The molecule has 0 aliphatic carbocycles. The van der Waals surface area contributed by atoms with Crippen molar-refractivity contribution in [2.45, 2.75) is 39.3 Å². The van der Waals surface area contributed by atoms with E-state index in [1.54, 1.807) is 6.07 Å². The molecule has 0 aliphatic heterocycles. The zero-order chi connectivity index (χ0) is 13.8. The van der Waals surface area contributed by atoms with Gasteiger partial charge in [0.1, 0.15) is 5.78 Å². The molecule has 0 spiro atoms. The van der Waals surface area contributed by atoms with E-state index in [4.69, 9.17) is 0 Å². The van der Waals surface area contributed by atoms with Gasteiger partial charge in [-0.2, -0.15) is 13.2 Å². The molecule has 0 atom stereocenters. The second kappa shape index (κ2) is 6.03. The number of ketones is 1. The highest BCUT2D eigenvalue weighted by atomic mass is 19.4. The molecule has 1 aromatic carbocycles. The van der Waals surface area contributed by atoms with Crippen LogP contribution in [0.2, 0.25) is 0 Å². The minimum atomic E-state index is -4.30. The summed E-state index contributed by atoms with van der Waals surface area (Å²) in [6, 6.07) is 5.28. The van der Waals surface area contributed by atoms with Crippen LogP contribution >= 0.6 is 0 Å². The number of hydrogen-bond acceptors (Lipinski definition) is 1. The third-order valence-corrected chi connectivity index (χ3v) is 2.79. The number of hydrogen-bond donors (Lipinski definition) is 0. The van der Waals surface area contributed by atoms with Gasteiger partial charge in [-0.1, -0.05) is 32.0 Å². The molecule has 0 radical (unpaired) electrons. The normalized spacial score (nSPS) is 11.9. The summed E-state index contributed by atoms with van der Waals surface area (Å²) in [5.41, 5.74) is -0.00318. The average Bonchev–Trinajstić information content (AvgIpc) is 2.28. The van der Waals surface area contributed by atoms with E-state index in [-0.39, 0.29) is 11.7 Å². The Morgan fingerprint density at radius 2 is 1.94 bits per heavy atom. The quantitative estimate of drug-likeness (QED) is 0.771. The van der Waals surface area contributed by atoms with Crippen LogP contribution in [-0.4, -0.2) is 5.78 Å². The monoisotopic (exact) mass is 258 g/mol. The van der Waals surface area contributed by atoms with E-state index < -0.39 is 11.7 Å². The topological polar surface area (TPSA) is 17.1 Å². The molecule has 0 aliphatic rings. The van der Waals surface area contributed by atoms with Crippen molar-refractivity contribution >= 4 is 5.78 Å². The Kier molecular flexibility index (Phi) is 4.93. The Balaban J connectivity index is 2.56. The fraction of sp³-hybridized carbons (Fsp3) is 0.500. The SMILES string of the molecule is CC(C)C(=O)CCCc1cccc(C(F)(F)F)c1. The summed E-state index contributed by atoms with van der Waals surface area (Å²) in [4.78, 5) is 11.4. The van der Waals surface area contributed by atoms with Crippen LogP contribution in [0, 0.1) is 5.92 Å². The lowest BCUT2D eigenvalue weighted by molar-refractivity contribution is -0.137. The number of rotatable bonds is 5. The predicted molar refractivity (Wildman–Crippen MR) is 64.2 cm³/mol. The van der Waals surface area contributed by atoms with Gasteiger partial charge in [-0.25, -0.2) is 0 Å². The molecule has 0 heterocycles. The molecule has 0 saturated carbocycles. The van der Waals surface area contributed by atoms with Gasteiger partial charge in [-0.05, 0) is 24.5 Å². The van der Waals surface area contributed by atoms with Crippen molar-refractivity contribution in [1.82, 2.24) is 0 Å². The molecule has 0 aromatic heterocycles. The van der Waals surface area contributed by atoms with E-state index in [1.165, 1.54) is 6.07 Å². The number of aryl methyl sites for hydroxylation is 1. The highest BCUT2D eigenvalue weighted by molar-refractivity contribution is 5.80. The Labute approximate surface area is 105 Å². The standard InChI is InChI=1S/C14H17F3O/c1-10(2)13(18)8-4-6-11-5-3-7-12(9-11)14(15,16)17/h3,5,7,9-10H,4,6,8H2,1-2H3.